The first-order valence-corrected chi connectivity index (χ1v) is 12.0. The molecular weight excluding hydrogens is 450 g/mol. The van der Waals surface area contributed by atoms with Crippen LogP contribution in [0.5, 0.6) is 0 Å². The fourth-order valence-electron chi connectivity index (χ4n) is 3.58. The molecule has 0 spiro atoms. The quantitative estimate of drug-likeness (QED) is 0.216. The van der Waals surface area contributed by atoms with Crippen LogP contribution in [0.4, 0.5) is 0 Å². The maximum atomic E-state index is 13.2. The number of nitrogens with one attached hydrogen (secondary N) is 1. The fraction of sp³-hybridized carbons (Fsp3) is 0.455. The van der Waals surface area contributed by atoms with E-state index in [-0.39, 0.29) is 23.7 Å². The number of H-pyrrole nitrogens is 1. The summed E-state index contributed by atoms with van der Waals surface area (Å²) >= 11 is 2.69. The lowest BCUT2D eigenvalue weighted by molar-refractivity contribution is 0.0519. The highest BCUT2D eigenvalue weighted by Gasteiger charge is 2.24. The third-order valence-electron chi connectivity index (χ3n) is 5.30. The molecule has 1 N–H and O–H groups in total. The number of aromatic nitrogens is 3. The van der Waals surface area contributed by atoms with Gasteiger partial charge in [-0.15, -0.1) is 11.3 Å². The predicted octanol–water partition coefficient (Wildman–Crippen LogP) is 3.82. The molecule has 0 bridgehead atoms. The number of Topliss-reactive ketones (excluding diaryl/α,β-unsaturated/α-hetero) is 1. The summed E-state index contributed by atoms with van der Waals surface area (Å²) in [4.78, 5) is 47.7. The zero-order valence-corrected chi connectivity index (χ0v) is 20.7. The van der Waals surface area contributed by atoms with E-state index in [1.807, 2.05) is 13.8 Å². The van der Waals surface area contributed by atoms with Crippen molar-refractivity contribution in [3.05, 3.63) is 43.3 Å². The number of thioether (sulfide) groups is 1. The van der Waals surface area contributed by atoms with Gasteiger partial charge in [0.1, 0.15) is 10.5 Å². The second-order valence-corrected chi connectivity index (χ2v) is 9.51. The van der Waals surface area contributed by atoms with Crippen molar-refractivity contribution in [3.8, 4) is 0 Å². The second kappa shape index (κ2) is 10.0. The number of rotatable bonds is 9. The number of carbonyl (C=O) groups is 2. The highest BCUT2D eigenvalue weighted by atomic mass is 32.2. The number of ketones is 1. The molecule has 32 heavy (non-hydrogen) atoms. The van der Waals surface area contributed by atoms with Crippen molar-refractivity contribution < 1.29 is 19.1 Å². The topological polar surface area (TPSA) is 103 Å². The van der Waals surface area contributed by atoms with Crippen LogP contribution in [0.1, 0.15) is 49.5 Å². The van der Waals surface area contributed by atoms with Gasteiger partial charge in [0.2, 0.25) is 0 Å². The number of carbonyl (C=O) groups excluding carboxylic acids is 2. The highest BCUT2D eigenvalue weighted by Crippen LogP contribution is 2.29. The number of nitrogens with zero attached hydrogens (tertiary/aromatic N) is 2. The van der Waals surface area contributed by atoms with E-state index >= 15 is 0 Å². The molecule has 8 nitrogen and oxygen atoms in total. The number of ether oxygens (including phenoxy) is 2. The second-order valence-electron chi connectivity index (χ2n) is 7.36. The van der Waals surface area contributed by atoms with E-state index in [2.05, 4.69) is 4.98 Å². The third-order valence-corrected chi connectivity index (χ3v) is 7.38. The van der Waals surface area contributed by atoms with Crippen molar-refractivity contribution in [1.29, 1.82) is 0 Å². The van der Waals surface area contributed by atoms with E-state index < -0.39 is 5.97 Å². The summed E-state index contributed by atoms with van der Waals surface area (Å²) in [6, 6.07) is 0. The van der Waals surface area contributed by atoms with Gasteiger partial charge in [-0.2, -0.15) is 0 Å². The SMILES string of the molecule is CCOC(=O)c1[nH]c(C)c(C(=O)CSc2nc3sc(C)c(C)c3c(=O)n2CCOC)c1C. The van der Waals surface area contributed by atoms with E-state index in [0.717, 1.165) is 10.4 Å². The maximum Gasteiger partial charge on any atom is 0.355 e. The molecule has 0 aliphatic rings. The molecule has 0 saturated carbocycles. The molecule has 0 saturated heterocycles. The molecule has 0 aliphatic carbocycles. The number of hydrogen-bond donors (Lipinski definition) is 1. The van der Waals surface area contributed by atoms with Crippen LogP contribution in [0.25, 0.3) is 10.2 Å². The Balaban J connectivity index is 1.93. The average Bonchev–Trinajstić information content (AvgIpc) is 3.20. The van der Waals surface area contributed by atoms with Crippen molar-refractivity contribution in [2.24, 2.45) is 0 Å². The first kappa shape index (κ1) is 24.2. The van der Waals surface area contributed by atoms with Crippen LogP contribution in [0, 0.1) is 27.7 Å². The van der Waals surface area contributed by atoms with Crippen LogP contribution in [0.2, 0.25) is 0 Å². The van der Waals surface area contributed by atoms with Crippen LogP contribution in [0.3, 0.4) is 0 Å². The minimum absolute atomic E-state index is 0.0794. The minimum Gasteiger partial charge on any atom is -0.461 e. The molecule has 3 heterocycles. The normalized spacial score (nSPS) is 11.3. The summed E-state index contributed by atoms with van der Waals surface area (Å²) in [6.07, 6.45) is 0. The molecular formula is C22H27N3O5S2. The molecule has 3 aromatic heterocycles. The van der Waals surface area contributed by atoms with E-state index in [1.54, 1.807) is 32.4 Å². The van der Waals surface area contributed by atoms with Crippen LogP contribution in [0.15, 0.2) is 9.95 Å². The maximum absolute atomic E-state index is 13.2. The summed E-state index contributed by atoms with van der Waals surface area (Å²) in [6.45, 7) is 10.1. The van der Waals surface area contributed by atoms with Gasteiger partial charge in [0.05, 0.1) is 30.9 Å². The van der Waals surface area contributed by atoms with Crippen LogP contribution < -0.4 is 5.56 Å². The van der Waals surface area contributed by atoms with Crippen molar-refractivity contribution in [1.82, 2.24) is 14.5 Å². The average molecular weight is 478 g/mol. The van der Waals surface area contributed by atoms with E-state index in [9.17, 15) is 14.4 Å². The largest absolute Gasteiger partial charge is 0.461 e. The van der Waals surface area contributed by atoms with Crippen LogP contribution >= 0.6 is 23.1 Å². The number of fused-ring (bicyclic) bond motifs is 1. The Hall–Kier alpha value is -2.43. The number of thiophene rings is 1. The monoisotopic (exact) mass is 477 g/mol. The molecule has 3 aromatic rings. The van der Waals surface area contributed by atoms with Gasteiger partial charge in [-0.25, -0.2) is 9.78 Å². The Morgan fingerprint density at radius 1 is 1.19 bits per heavy atom. The Bertz CT molecular complexity index is 1240. The smallest absolute Gasteiger partial charge is 0.355 e. The van der Waals surface area contributed by atoms with Gasteiger partial charge >= 0.3 is 5.97 Å². The van der Waals surface area contributed by atoms with Gasteiger partial charge in [-0.3, -0.25) is 14.2 Å². The molecule has 0 unspecified atom stereocenters. The highest BCUT2D eigenvalue weighted by molar-refractivity contribution is 7.99. The van der Waals surface area contributed by atoms with E-state index in [1.165, 1.54) is 23.1 Å². The molecule has 3 rings (SSSR count). The Labute approximate surface area is 194 Å². The Morgan fingerprint density at radius 3 is 2.56 bits per heavy atom. The molecule has 10 heteroatoms. The number of aryl methyl sites for hydroxylation is 3. The van der Waals surface area contributed by atoms with Crippen molar-refractivity contribution in [2.45, 2.75) is 46.3 Å². The minimum atomic E-state index is -0.483. The molecule has 0 aromatic carbocycles. The number of hydrogen-bond acceptors (Lipinski definition) is 8. The molecule has 0 radical (unpaired) electrons. The number of aromatic amines is 1. The first-order chi connectivity index (χ1) is 15.2. The zero-order valence-electron chi connectivity index (χ0n) is 19.1. The molecule has 0 aliphatic heterocycles. The van der Waals surface area contributed by atoms with Gasteiger partial charge in [0.15, 0.2) is 10.9 Å². The summed E-state index contributed by atoms with van der Waals surface area (Å²) in [5, 5.41) is 1.10. The van der Waals surface area contributed by atoms with Crippen molar-refractivity contribution >= 4 is 45.1 Å². The lowest BCUT2D eigenvalue weighted by Gasteiger charge is -2.11. The van der Waals surface area contributed by atoms with Crippen molar-refractivity contribution in [3.63, 3.8) is 0 Å². The van der Waals surface area contributed by atoms with Crippen LogP contribution in [-0.2, 0) is 16.0 Å². The number of methoxy groups -OCH3 is 1. The van der Waals surface area contributed by atoms with E-state index in [0.29, 0.717) is 51.0 Å². The molecule has 172 valence electrons. The van der Waals surface area contributed by atoms with Gasteiger partial charge in [-0.1, -0.05) is 11.8 Å². The van der Waals surface area contributed by atoms with Crippen molar-refractivity contribution in [2.75, 3.05) is 26.1 Å². The zero-order chi connectivity index (χ0) is 23.6. The summed E-state index contributed by atoms with van der Waals surface area (Å²) in [5.74, 6) is -0.553. The van der Waals surface area contributed by atoms with E-state index in [4.69, 9.17) is 14.5 Å². The Kier molecular flexibility index (Phi) is 7.58. The fourth-order valence-corrected chi connectivity index (χ4v) is 5.54. The summed E-state index contributed by atoms with van der Waals surface area (Å²) < 4.78 is 11.8. The lowest BCUT2D eigenvalue weighted by Crippen LogP contribution is -2.25. The van der Waals surface area contributed by atoms with Gasteiger partial charge < -0.3 is 14.5 Å². The lowest BCUT2D eigenvalue weighted by atomic mass is 10.1. The van der Waals surface area contributed by atoms with Gasteiger partial charge in [-0.05, 0) is 45.7 Å². The standard InChI is InChI=1S/C22H27N3O5S2/c1-7-30-21(28)18-12(3)16(13(4)23-18)15(26)10-31-22-24-19-17(11(2)14(5)32-19)20(27)25(22)8-9-29-6/h23H,7-10H2,1-6H3. The van der Waals surface area contributed by atoms with Crippen LogP contribution in [-0.4, -0.2) is 52.4 Å². The number of esters is 1. The summed E-state index contributed by atoms with van der Waals surface area (Å²) in [7, 11) is 1.58. The van der Waals surface area contributed by atoms with Gasteiger partial charge in [0.25, 0.3) is 5.56 Å². The first-order valence-electron chi connectivity index (χ1n) is 10.2. The predicted molar refractivity (Wildman–Crippen MR) is 127 cm³/mol. The summed E-state index contributed by atoms with van der Waals surface area (Å²) in [5.41, 5.74) is 2.75. The van der Waals surface area contributed by atoms with Gasteiger partial charge in [0, 0.05) is 23.2 Å². The molecule has 0 fully saturated rings. The molecule has 0 amide bonds. The Morgan fingerprint density at radius 2 is 1.91 bits per heavy atom. The third kappa shape index (κ3) is 4.53. The molecule has 0 atom stereocenters.